The van der Waals surface area contributed by atoms with Crippen molar-refractivity contribution < 1.29 is 9.31 Å². The van der Waals surface area contributed by atoms with E-state index in [0.717, 1.165) is 11.6 Å². The van der Waals surface area contributed by atoms with E-state index in [1.807, 2.05) is 30.3 Å². The molecule has 2 heterocycles. The van der Waals surface area contributed by atoms with Crippen molar-refractivity contribution >= 4 is 40.4 Å². The molecule has 4 aromatic rings. The number of hydrogen-bond acceptors (Lipinski definition) is 7. The van der Waals surface area contributed by atoms with Crippen LogP contribution in [-0.4, -0.2) is 19.9 Å². The molecule has 4 rings (SSSR count). The summed E-state index contributed by atoms with van der Waals surface area (Å²) in [6.45, 7) is 0.289. The van der Waals surface area contributed by atoms with Crippen LogP contribution in [0.5, 0.6) is 0 Å². The monoisotopic (exact) mass is 450 g/mol. The Bertz CT molecular complexity index is 1240. The molecule has 0 saturated carbocycles. The number of halogens is 2. The van der Waals surface area contributed by atoms with Gasteiger partial charge in [0.25, 0.3) is 0 Å². The van der Waals surface area contributed by atoms with Gasteiger partial charge in [-0.25, -0.2) is 19.3 Å². The largest absolute Gasteiger partial charge is 0.354 e. The fourth-order valence-electron chi connectivity index (χ4n) is 3.08. The smallest absolute Gasteiger partial charge is 0.334 e. The third kappa shape index (κ3) is 4.62. The van der Waals surface area contributed by atoms with Gasteiger partial charge >= 0.3 is 5.69 Å². The molecule has 0 fully saturated rings. The van der Waals surface area contributed by atoms with Crippen molar-refractivity contribution in [2.24, 2.45) is 0 Å². The van der Waals surface area contributed by atoms with E-state index in [4.69, 9.17) is 11.6 Å². The van der Waals surface area contributed by atoms with Crippen molar-refractivity contribution in [3.8, 4) is 0 Å². The van der Waals surface area contributed by atoms with Crippen molar-refractivity contribution in [3.63, 3.8) is 0 Å². The third-order valence-electron chi connectivity index (χ3n) is 4.53. The van der Waals surface area contributed by atoms with Crippen LogP contribution in [0, 0.1) is 15.9 Å². The molecule has 32 heavy (non-hydrogen) atoms. The first-order chi connectivity index (χ1) is 15.5. The summed E-state index contributed by atoms with van der Waals surface area (Å²) in [5.41, 5.74) is 0.900. The van der Waals surface area contributed by atoms with Gasteiger partial charge in [-0.05, 0) is 35.9 Å². The van der Waals surface area contributed by atoms with Gasteiger partial charge in [-0.1, -0.05) is 48.0 Å². The van der Waals surface area contributed by atoms with Crippen LogP contribution in [0.15, 0.2) is 79.3 Å². The van der Waals surface area contributed by atoms with E-state index in [-0.39, 0.29) is 28.9 Å². The molecule has 0 unspecified atom stereocenters. The van der Waals surface area contributed by atoms with Gasteiger partial charge in [0.2, 0.25) is 11.6 Å². The second-order valence-corrected chi connectivity index (χ2v) is 7.07. The fraction of sp³-hybridized carbons (Fsp3) is 0.0455. The Labute approximate surface area is 187 Å². The lowest BCUT2D eigenvalue weighted by atomic mass is 10.2. The highest BCUT2D eigenvalue weighted by Gasteiger charge is 2.29. The van der Waals surface area contributed by atoms with Crippen LogP contribution in [-0.2, 0) is 6.54 Å². The summed E-state index contributed by atoms with van der Waals surface area (Å²) in [5, 5.41) is 14.8. The predicted molar refractivity (Wildman–Crippen MR) is 120 cm³/mol. The molecule has 0 aliphatic rings. The van der Waals surface area contributed by atoms with Gasteiger partial charge in [0.05, 0.1) is 16.5 Å². The molecule has 0 spiro atoms. The van der Waals surface area contributed by atoms with E-state index in [0.29, 0.717) is 11.5 Å². The Kier molecular flexibility index (Phi) is 6.18. The lowest BCUT2D eigenvalue weighted by Gasteiger charge is -2.23. The molecule has 2 aromatic heterocycles. The van der Waals surface area contributed by atoms with Crippen LogP contribution in [0.4, 0.5) is 33.2 Å². The summed E-state index contributed by atoms with van der Waals surface area (Å²) in [7, 11) is 0. The highest BCUT2D eigenvalue weighted by Crippen LogP contribution is 2.37. The SMILES string of the molecule is O=[N+]([O-])c1c(Nc2ccc(F)c(Cl)c2)ncnc1N(Cc1ccccc1)c1ccccn1. The summed E-state index contributed by atoms with van der Waals surface area (Å²) in [6, 6.07) is 18.6. The van der Waals surface area contributed by atoms with Crippen LogP contribution < -0.4 is 10.2 Å². The van der Waals surface area contributed by atoms with Crippen LogP contribution in [0.1, 0.15) is 5.56 Å². The van der Waals surface area contributed by atoms with Crippen LogP contribution in [0.2, 0.25) is 5.02 Å². The van der Waals surface area contributed by atoms with E-state index in [9.17, 15) is 14.5 Å². The molecule has 10 heteroatoms. The maximum absolute atomic E-state index is 13.5. The molecule has 0 saturated heterocycles. The summed E-state index contributed by atoms with van der Waals surface area (Å²) in [6.07, 6.45) is 2.82. The van der Waals surface area contributed by atoms with Gasteiger partial charge in [-0.2, -0.15) is 0 Å². The normalized spacial score (nSPS) is 10.6. The van der Waals surface area contributed by atoms with Gasteiger partial charge in [-0.15, -0.1) is 0 Å². The predicted octanol–water partition coefficient (Wildman–Crippen LogP) is 5.65. The molecule has 1 N–H and O–H groups in total. The van der Waals surface area contributed by atoms with Crippen LogP contribution in [0.25, 0.3) is 0 Å². The topological polar surface area (TPSA) is 97.1 Å². The number of nitro groups is 1. The Morgan fingerprint density at radius 2 is 1.81 bits per heavy atom. The Balaban J connectivity index is 1.81. The summed E-state index contributed by atoms with van der Waals surface area (Å²) in [5.74, 6) is -0.117. The number of hydrogen-bond donors (Lipinski definition) is 1. The quantitative estimate of drug-likeness (QED) is 0.287. The van der Waals surface area contributed by atoms with Crippen molar-refractivity contribution in [3.05, 3.63) is 106 Å². The third-order valence-corrected chi connectivity index (χ3v) is 4.82. The summed E-state index contributed by atoms with van der Waals surface area (Å²) < 4.78 is 13.5. The number of anilines is 4. The molecular weight excluding hydrogens is 435 g/mol. The van der Waals surface area contributed by atoms with Gasteiger partial charge in [0.15, 0.2) is 0 Å². The second-order valence-electron chi connectivity index (χ2n) is 6.67. The average molecular weight is 451 g/mol. The molecule has 0 bridgehead atoms. The van der Waals surface area contributed by atoms with Crippen LogP contribution in [0.3, 0.4) is 0 Å². The molecule has 0 aliphatic heterocycles. The first kappa shape index (κ1) is 21.1. The van der Waals surface area contributed by atoms with Gasteiger partial charge in [-0.3, -0.25) is 10.1 Å². The summed E-state index contributed by atoms with van der Waals surface area (Å²) in [4.78, 5) is 25.8. The molecular formula is C22H16ClFN6O2. The second kappa shape index (κ2) is 9.36. The standard InChI is InChI=1S/C22H16ClFN6O2/c23-17-12-16(9-10-18(17)24)28-21-20(30(31)32)22(27-14-26-21)29(19-8-4-5-11-25-19)13-15-6-2-1-3-7-15/h1-12,14H,13H2,(H,26,27,28). The first-order valence-electron chi connectivity index (χ1n) is 9.47. The van der Waals surface area contributed by atoms with E-state index >= 15 is 0 Å². The number of pyridine rings is 1. The van der Waals surface area contributed by atoms with E-state index in [1.165, 1.54) is 18.5 Å². The molecule has 0 atom stereocenters. The maximum atomic E-state index is 13.5. The van der Waals surface area contributed by atoms with Crippen molar-refractivity contribution in [2.45, 2.75) is 6.54 Å². The number of rotatable bonds is 7. The minimum absolute atomic E-state index is 0.0586. The molecule has 0 amide bonds. The van der Waals surface area contributed by atoms with Crippen molar-refractivity contribution in [1.82, 2.24) is 15.0 Å². The number of nitrogens with zero attached hydrogens (tertiary/aromatic N) is 5. The highest BCUT2D eigenvalue weighted by atomic mass is 35.5. The average Bonchev–Trinajstić information content (AvgIpc) is 2.81. The van der Waals surface area contributed by atoms with E-state index < -0.39 is 10.7 Å². The van der Waals surface area contributed by atoms with Crippen molar-refractivity contribution in [1.29, 1.82) is 0 Å². The minimum atomic E-state index is -0.598. The Hall–Kier alpha value is -4.11. The number of aromatic nitrogens is 3. The lowest BCUT2D eigenvalue weighted by Crippen LogP contribution is -2.21. The zero-order chi connectivity index (χ0) is 22.5. The van der Waals surface area contributed by atoms with Gasteiger partial charge in [0, 0.05) is 11.9 Å². The molecule has 2 aromatic carbocycles. The van der Waals surface area contributed by atoms with E-state index in [1.54, 1.807) is 29.3 Å². The Morgan fingerprint density at radius 1 is 1.03 bits per heavy atom. The number of benzene rings is 2. The molecule has 160 valence electrons. The molecule has 0 aliphatic carbocycles. The molecule has 0 radical (unpaired) electrons. The highest BCUT2D eigenvalue weighted by molar-refractivity contribution is 6.31. The fourth-order valence-corrected chi connectivity index (χ4v) is 3.26. The van der Waals surface area contributed by atoms with Crippen LogP contribution >= 0.6 is 11.6 Å². The zero-order valence-electron chi connectivity index (χ0n) is 16.5. The van der Waals surface area contributed by atoms with Gasteiger partial charge in [0.1, 0.15) is 18.0 Å². The maximum Gasteiger partial charge on any atom is 0.354 e. The molecule has 8 nitrogen and oxygen atoms in total. The van der Waals surface area contributed by atoms with E-state index in [2.05, 4.69) is 20.3 Å². The Morgan fingerprint density at radius 3 is 2.50 bits per heavy atom. The minimum Gasteiger partial charge on any atom is -0.334 e. The lowest BCUT2D eigenvalue weighted by molar-refractivity contribution is -0.383. The van der Waals surface area contributed by atoms with Crippen molar-refractivity contribution in [2.75, 3.05) is 10.2 Å². The first-order valence-corrected chi connectivity index (χ1v) is 9.84. The zero-order valence-corrected chi connectivity index (χ0v) is 17.3. The van der Waals surface area contributed by atoms with Gasteiger partial charge < -0.3 is 10.2 Å². The number of nitrogens with one attached hydrogen (secondary N) is 1. The summed E-state index contributed by atoms with van der Waals surface area (Å²) >= 11 is 5.84.